The lowest BCUT2D eigenvalue weighted by Gasteiger charge is -2.22. The zero-order valence-electron chi connectivity index (χ0n) is 13.8. The fraction of sp³-hybridized carbons (Fsp3) is 0.529. The molecule has 23 heavy (non-hydrogen) atoms. The third-order valence-electron chi connectivity index (χ3n) is 4.04. The van der Waals surface area contributed by atoms with Crippen LogP contribution in [0.2, 0.25) is 0 Å². The normalized spacial score (nSPS) is 18.6. The first-order valence-corrected chi connectivity index (χ1v) is 7.93. The smallest absolute Gasteiger partial charge is 0.409 e. The Morgan fingerprint density at radius 1 is 1.39 bits per heavy atom. The molecule has 2 rings (SSSR count). The molecule has 2 amide bonds. The van der Waals surface area contributed by atoms with E-state index in [2.05, 4.69) is 0 Å². The number of amides is 2. The Bertz CT molecular complexity index is 533. The molecule has 0 bridgehead atoms. The first-order chi connectivity index (χ1) is 11.0. The van der Waals surface area contributed by atoms with Crippen molar-refractivity contribution in [3.63, 3.8) is 0 Å². The molecule has 2 atom stereocenters. The summed E-state index contributed by atoms with van der Waals surface area (Å²) in [7, 11) is 1.73. The Balaban J connectivity index is 1.75. The second-order valence-electron chi connectivity index (χ2n) is 6.15. The van der Waals surface area contributed by atoms with Crippen LogP contribution in [0.25, 0.3) is 0 Å². The van der Waals surface area contributed by atoms with Gasteiger partial charge in [-0.1, -0.05) is 30.3 Å². The van der Waals surface area contributed by atoms with Gasteiger partial charge in [-0.15, -0.1) is 0 Å². The molecule has 126 valence electrons. The van der Waals surface area contributed by atoms with E-state index in [0.29, 0.717) is 19.6 Å². The van der Waals surface area contributed by atoms with E-state index < -0.39 is 6.04 Å². The molecule has 6 nitrogen and oxygen atoms in total. The van der Waals surface area contributed by atoms with Crippen LogP contribution in [0.4, 0.5) is 4.79 Å². The monoisotopic (exact) mass is 319 g/mol. The zero-order valence-corrected chi connectivity index (χ0v) is 13.8. The number of nitrogens with zero attached hydrogens (tertiary/aromatic N) is 2. The fourth-order valence-corrected chi connectivity index (χ4v) is 2.76. The molecule has 1 aromatic rings. The van der Waals surface area contributed by atoms with Gasteiger partial charge in [0, 0.05) is 26.7 Å². The molecule has 6 heteroatoms. The van der Waals surface area contributed by atoms with Gasteiger partial charge in [0.25, 0.3) is 0 Å². The number of hydrogen-bond donors (Lipinski definition) is 1. The highest BCUT2D eigenvalue weighted by Gasteiger charge is 2.29. The number of benzene rings is 1. The highest BCUT2D eigenvalue weighted by Crippen LogP contribution is 2.18. The van der Waals surface area contributed by atoms with Crippen molar-refractivity contribution in [2.24, 2.45) is 11.7 Å². The van der Waals surface area contributed by atoms with Crippen LogP contribution in [0.15, 0.2) is 30.3 Å². The van der Waals surface area contributed by atoms with E-state index in [4.69, 9.17) is 10.5 Å². The quantitative estimate of drug-likeness (QED) is 0.891. The maximum atomic E-state index is 12.0. The topological polar surface area (TPSA) is 75.9 Å². The molecule has 0 spiro atoms. The lowest BCUT2D eigenvalue weighted by atomic mass is 10.1. The van der Waals surface area contributed by atoms with Gasteiger partial charge in [0.2, 0.25) is 5.91 Å². The predicted molar refractivity (Wildman–Crippen MR) is 87.6 cm³/mol. The molecule has 1 aliphatic heterocycles. The van der Waals surface area contributed by atoms with Crippen molar-refractivity contribution < 1.29 is 14.3 Å². The van der Waals surface area contributed by atoms with Crippen molar-refractivity contribution in [3.8, 4) is 0 Å². The Morgan fingerprint density at radius 2 is 2.09 bits per heavy atom. The van der Waals surface area contributed by atoms with Crippen LogP contribution < -0.4 is 5.73 Å². The van der Waals surface area contributed by atoms with Gasteiger partial charge in [-0.05, 0) is 24.8 Å². The largest absolute Gasteiger partial charge is 0.445 e. The van der Waals surface area contributed by atoms with E-state index in [0.717, 1.165) is 12.0 Å². The first-order valence-electron chi connectivity index (χ1n) is 7.93. The summed E-state index contributed by atoms with van der Waals surface area (Å²) in [5, 5.41) is 0. The van der Waals surface area contributed by atoms with E-state index in [9.17, 15) is 9.59 Å². The summed E-state index contributed by atoms with van der Waals surface area (Å²) >= 11 is 0. The van der Waals surface area contributed by atoms with Crippen molar-refractivity contribution in [1.29, 1.82) is 0 Å². The molecule has 1 unspecified atom stereocenters. The molecular weight excluding hydrogens is 294 g/mol. The summed E-state index contributed by atoms with van der Waals surface area (Å²) in [4.78, 5) is 27.2. The van der Waals surface area contributed by atoms with Gasteiger partial charge in [0.1, 0.15) is 6.61 Å². The van der Waals surface area contributed by atoms with E-state index >= 15 is 0 Å². The van der Waals surface area contributed by atoms with Gasteiger partial charge in [0.15, 0.2) is 0 Å². The molecule has 1 fully saturated rings. The molecule has 1 saturated heterocycles. The summed E-state index contributed by atoms with van der Waals surface area (Å²) in [6.45, 7) is 3.90. The average Bonchev–Trinajstić information content (AvgIpc) is 3.01. The van der Waals surface area contributed by atoms with Crippen LogP contribution in [-0.2, 0) is 16.1 Å². The zero-order chi connectivity index (χ0) is 16.8. The molecular formula is C17H25N3O3. The number of hydrogen-bond acceptors (Lipinski definition) is 4. The molecule has 1 heterocycles. The Kier molecular flexibility index (Phi) is 5.98. The van der Waals surface area contributed by atoms with Crippen LogP contribution in [-0.4, -0.2) is 54.5 Å². The third kappa shape index (κ3) is 4.96. The van der Waals surface area contributed by atoms with Crippen molar-refractivity contribution in [1.82, 2.24) is 9.80 Å². The molecule has 0 saturated carbocycles. The minimum Gasteiger partial charge on any atom is -0.445 e. The first kappa shape index (κ1) is 17.3. The van der Waals surface area contributed by atoms with Gasteiger partial charge >= 0.3 is 6.09 Å². The Morgan fingerprint density at radius 3 is 2.74 bits per heavy atom. The van der Waals surface area contributed by atoms with Gasteiger partial charge in [0.05, 0.1) is 6.04 Å². The van der Waals surface area contributed by atoms with Crippen molar-refractivity contribution in [3.05, 3.63) is 35.9 Å². The predicted octanol–water partition coefficient (Wildman–Crippen LogP) is 1.45. The third-order valence-corrected chi connectivity index (χ3v) is 4.04. The molecule has 0 aromatic heterocycles. The highest BCUT2D eigenvalue weighted by molar-refractivity contribution is 5.81. The number of rotatable bonds is 5. The minimum absolute atomic E-state index is 0.0261. The number of carbonyl (C=O) groups is 2. The second kappa shape index (κ2) is 7.97. The number of nitrogens with two attached hydrogens (primary N) is 1. The highest BCUT2D eigenvalue weighted by atomic mass is 16.6. The van der Waals surface area contributed by atoms with E-state index in [1.165, 1.54) is 0 Å². The lowest BCUT2D eigenvalue weighted by Crippen LogP contribution is -2.41. The van der Waals surface area contributed by atoms with E-state index in [1.54, 1.807) is 23.8 Å². The van der Waals surface area contributed by atoms with Crippen molar-refractivity contribution in [2.75, 3.05) is 26.7 Å². The molecule has 2 N–H and O–H groups in total. The van der Waals surface area contributed by atoms with Gasteiger partial charge in [-0.3, -0.25) is 4.79 Å². The minimum atomic E-state index is -0.470. The summed E-state index contributed by atoms with van der Waals surface area (Å²) in [6.07, 6.45) is 0.542. The summed E-state index contributed by atoms with van der Waals surface area (Å²) in [5.41, 5.74) is 6.59. The van der Waals surface area contributed by atoms with Crippen LogP contribution in [0.3, 0.4) is 0 Å². The lowest BCUT2D eigenvalue weighted by molar-refractivity contribution is -0.131. The fourth-order valence-electron chi connectivity index (χ4n) is 2.76. The van der Waals surface area contributed by atoms with Gasteiger partial charge in [-0.2, -0.15) is 0 Å². The summed E-state index contributed by atoms with van der Waals surface area (Å²) < 4.78 is 5.30. The Labute approximate surface area is 137 Å². The second-order valence-corrected chi connectivity index (χ2v) is 6.15. The van der Waals surface area contributed by atoms with E-state index in [-0.39, 0.29) is 24.5 Å². The van der Waals surface area contributed by atoms with E-state index in [1.807, 2.05) is 30.3 Å². The maximum absolute atomic E-state index is 12.0. The van der Waals surface area contributed by atoms with Crippen LogP contribution in [0.1, 0.15) is 18.9 Å². The van der Waals surface area contributed by atoms with Crippen LogP contribution in [0.5, 0.6) is 0 Å². The van der Waals surface area contributed by atoms with Crippen LogP contribution in [0, 0.1) is 5.92 Å². The summed E-state index contributed by atoms with van der Waals surface area (Å²) in [5.74, 6) is 0.244. The molecule has 0 radical (unpaired) electrons. The number of ether oxygens (including phenoxy) is 1. The SMILES string of the molecule is C[C@H](N)C(=O)N1CCC(CN(C)C(=O)OCc2ccccc2)C1. The molecule has 0 aliphatic carbocycles. The maximum Gasteiger partial charge on any atom is 0.409 e. The average molecular weight is 319 g/mol. The summed E-state index contributed by atoms with van der Waals surface area (Å²) in [6, 6.07) is 9.11. The molecule has 1 aromatic carbocycles. The van der Waals surface area contributed by atoms with Gasteiger partial charge < -0.3 is 20.3 Å². The Hall–Kier alpha value is -2.08. The number of likely N-dealkylation sites (tertiary alicyclic amines) is 1. The van der Waals surface area contributed by atoms with Crippen molar-refractivity contribution >= 4 is 12.0 Å². The standard InChI is InChI=1S/C17H25N3O3/c1-13(18)16(21)20-9-8-15(11-20)10-19(2)17(22)23-12-14-6-4-3-5-7-14/h3-7,13,15H,8-12,18H2,1-2H3/t13-,15?/m0/s1. The van der Waals surface area contributed by atoms with Crippen LogP contribution >= 0.6 is 0 Å². The van der Waals surface area contributed by atoms with Crippen molar-refractivity contribution in [2.45, 2.75) is 26.0 Å². The number of carbonyl (C=O) groups excluding carboxylic acids is 2. The van der Waals surface area contributed by atoms with Gasteiger partial charge in [-0.25, -0.2) is 4.79 Å². The molecule has 1 aliphatic rings.